The van der Waals surface area contributed by atoms with Crippen LogP contribution in [0.1, 0.15) is 121 Å². The number of aliphatic hydroxyl groups is 2. The Morgan fingerprint density at radius 3 is 2.33 bits per heavy atom. The largest absolute Gasteiger partial charge is 0.507 e. The molecule has 4 N–H and O–H groups in total. The zero-order chi connectivity index (χ0) is 32.3. The SMILES string of the molecule is CCC1CC(CC)(C2CCC(O)(CC)C(C)O2)OC1C(CC)C(=O)C(C)C(O)C(C)CCc1ccc(C)c(O)c1C(=O)O. The van der Waals surface area contributed by atoms with Gasteiger partial charge in [-0.25, -0.2) is 4.79 Å². The molecular formula is C35H56O8. The van der Waals surface area contributed by atoms with Gasteiger partial charge in [0.1, 0.15) is 17.1 Å². The van der Waals surface area contributed by atoms with Gasteiger partial charge in [0.25, 0.3) is 0 Å². The molecule has 1 aromatic carbocycles. The minimum absolute atomic E-state index is 0.00491. The van der Waals surface area contributed by atoms with E-state index in [1.54, 1.807) is 26.0 Å². The Balaban J connectivity index is 1.73. The average molecular weight is 605 g/mol. The molecule has 0 aromatic heterocycles. The number of carboxylic acids is 1. The molecule has 244 valence electrons. The van der Waals surface area contributed by atoms with Gasteiger partial charge in [-0.05, 0) is 88.2 Å². The number of hydrogen-bond donors (Lipinski definition) is 4. The fraction of sp³-hybridized carbons (Fsp3) is 0.771. The lowest BCUT2D eigenvalue weighted by molar-refractivity contribution is -0.229. The predicted octanol–water partition coefficient (Wildman–Crippen LogP) is 6.23. The summed E-state index contributed by atoms with van der Waals surface area (Å²) in [5, 5.41) is 42.2. The Morgan fingerprint density at radius 2 is 1.79 bits per heavy atom. The standard InChI is InChI=1S/C35H56O8/c1-9-24-19-35(12-4,27-17-18-34(41,11-3)23(8)42-27)43-32(24)26(10-2)31(38)22(7)29(36)20(5)13-15-25-16-14-21(6)30(37)28(25)33(39)40/h14,16,20,22-24,26-27,29,32,36-37,41H,9-13,15,17-19H2,1-8H3,(H,39,40). The lowest BCUT2D eigenvalue weighted by Crippen LogP contribution is -2.55. The second-order valence-corrected chi connectivity index (χ2v) is 13.4. The number of aryl methyl sites for hydroxylation is 2. The molecule has 1 aromatic rings. The molecule has 43 heavy (non-hydrogen) atoms. The molecule has 0 amide bonds. The molecule has 8 nitrogen and oxygen atoms in total. The lowest BCUT2D eigenvalue weighted by atomic mass is 9.75. The van der Waals surface area contributed by atoms with E-state index in [4.69, 9.17) is 9.47 Å². The van der Waals surface area contributed by atoms with Gasteiger partial charge in [0.2, 0.25) is 0 Å². The second-order valence-electron chi connectivity index (χ2n) is 13.4. The monoisotopic (exact) mass is 604 g/mol. The summed E-state index contributed by atoms with van der Waals surface area (Å²) in [6.45, 7) is 15.5. The Hall–Kier alpha value is -2.00. The number of Topliss-reactive ketones (excluding diaryl/α,β-unsaturated/α-hetero) is 1. The quantitative estimate of drug-likeness (QED) is 0.196. The van der Waals surface area contributed by atoms with Gasteiger partial charge in [0, 0.05) is 11.8 Å². The Labute approximate surface area is 258 Å². The highest BCUT2D eigenvalue weighted by Gasteiger charge is 2.55. The van der Waals surface area contributed by atoms with Crippen LogP contribution in [0.25, 0.3) is 0 Å². The number of aromatic hydroxyl groups is 1. The summed E-state index contributed by atoms with van der Waals surface area (Å²) in [6, 6.07) is 3.41. The number of carboxylic acid groups (broad SMARTS) is 1. The molecule has 10 atom stereocenters. The van der Waals surface area contributed by atoms with Crippen molar-refractivity contribution in [2.24, 2.45) is 23.7 Å². The van der Waals surface area contributed by atoms with E-state index in [0.717, 1.165) is 19.3 Å². The van der Waals surface area contributed by atoms with E-state index in [1.165, 1.54) is 0 Å². The van der Waals surface area contributed by atoms with Crippen LogP contribution in [0.5, 0.6) is 5.75 Å². The van der Waals surface area contributed by atoms with Crippen molar-refractivity contribution in [1.29, 1.82) is 0 Å². The minimum atomic E-state index is -1.18. The van der Waals surface area contributed by atoms with Crippen molar-refractivity contribution < 1.29 is 39.5 Å². The van der Waals surface area contributed by atoms with Crippen LogP contribution in [0, 0.1) is 30.6 Å². The molecule has 10 unspecified atom stereocenters. The van der Waals surface area contributed by atoms with Crippen LogP contribution in [0.4, 0.5) is 0 Å². The lowest BCUT2D eigenvalue weighted by Gasteiger charge is -2.47. The topological polar surface area (TPSA) is 134 Å². The minimum Gasteiger partial charge on any atom is -0.507 e. The third kappa shape index (κ3) is 7.13. The van der Waals surface area contributed by atoms with Crippen molar-refractivity contribution in [2.75, 3.05) is 0 Å². The Kier molecular flexibility index (Phi) is 11.9. The molecule has 0 spiro atoms. The van der Waals surface area contributed by atoms with E-state index < -0.39 is 29.2 Å². The first-order valence-corrected chi connectivity index (χ1v) is 16.5. The predicted molar refractivity (Wildman–Crippen MR) is 166 cm³/mol. The Bertz CT molecular complexity index is 1120. The van der Waals surface area contributed by atoms with Gasteiger partial charge >= 0.3 is 5.97 Å². The average Bonchev–Trinajstić information content (AvgIpc) is 3.38. The van der Waals surface area contributed by atoms with Crippen molar-refractivity contribution in [3.63, 3.8) is 0 Å². The van der Waals surface area contributed by atoms with Crippen molar-refractivity contribution in [2.45, 2.75) is 149 Å². The zero-order valence-corrected chi connectivity index (χ0v) is 27.6. The highest BCUT2D eigenvalue weighted by molar-refractivity contribution is 5.93. The molecule has 2 saturated heterocycles. The van der Waals surface area contributed by atoms with Crippen LogP contribution in [0.2, 0.25) is 0 Å². The van der Waals surface area contributed by atoms with E-state index in [2.05, 4.69) is 13.8 Å². The van der Waals surface area contributed by atoms with E-state index in [9.17, 15) is 30.0 Å². The van der Waals surface area contributed by atoms with Gasteiger partial charge in [0.05, 0.1) is 35.6 Å². The van der Waals surface area contributed by atoms with Gasteiger partial charge in [-0.2, -0.15) is 0 Å². The van der Waals surface area contributed by atoms with Crippen LogP contribution in [-0.2, 0) is 20.7 Å². The number of ketones is 1. The molecule has 2 fully saturated rings. The summed E-state index contributed by atoms with van der Waals surface area (Å²) < 4.78 is 13.4. The van der Waals surface area contributed by atoms with Gasteiger partial charge in [0.15, 0.2) is 0 Å². The van der Waals surface area contributed by atoms with Crippen molar-refractivity contribution in [1.82, 2.24) is 0 Å². The second kappa shape index (κ2) is 14.4. The van der Waals surface area contributed by atoms with E-state index >= 15 is 0 Å². The molecule has 2 aliphatic rings. The fourth-order valence-corrected chi connectivity index (χ4v) is 7.63. The van der Waals surface area contributed by atoms with Crippen LogP contribution in [0.15, 0.2) is 12.1 Å². The summed E-state index contributed by atoms with van der Waals surface area (Å²) >= 11 is 0. The highest BCUT2D eigenvalue weighted by Crippen LogP contribution is 2.49. The van der Waals surface area contributed by atoms with Crippen molar-refractivity contribution >= 4 is 11.8 Å². The number of aromatic carboxylic acids is 1. The van der Waals surface area contributed by atoms with Crippen LogP contribution in [-0.4, -0.2) is 67.8 Å². The number of carbonyl (C=O) groups is 2. The maximum atomic E-state index is 14.0. The number of hydrogen-bond acceptors (Lipinski definition) is 7. The molecule has 0 radical (unpaired) electrons. The molecule has 0 bridgehead atoms. The number of phenols is 1. The maximum Gasteiger partial charge on any atom is 0.339 e. The first-order valence-electron chi connectivity index (χ1n) is 16.5. The number of ether oxygens (including phenoxy) is 2. The van der Waals surface area contributed by atoms with E-state index in [0.29, 0.717) is 49.7 Å². The molecule has 0 aliphatic carbocycles. The van der Waals surface area contributed by atoms with Crippen molar-refractivity contribution in [3.05, 3.63) is 28.8 Å². The fourth-order valence-electron chi connectivity index (χ4n) is 7.63. The van der Waals surface area contributed by atoms with Crippen LogP contribution >= 0.6 is 0 Å². The summed E-state index contributed by atoms with van der Waals surface area (Å²) in [6.07, 6.45) is 4.27. The number of benzene rings is 1. The zero-order valence-electron chi connectivity index (χ0n) is 27.6. The number of aliphatic hydroxyl groups excluding tert-OH is 1. The molecule has 2 heterocycles. The molecular weight excluding hydrogens is 548 g/mol. The van der Waals surface area contributed by atoms with Gasteiger partial charge < -0.3 is 29.9 Å². The van der Waals surface area contributed by atoms with Crippen LogP contribution in [0.3, 0.4) is 0 Å². The number of rotatable bonds is 14. The first-order chi connectivity index (χ1) is 20.2. The van der Waals surface area contributed by atoms with Gasteiger partial charge in [-0.15, -0.1) is 0 Å². The molecule has 0 saturated carbocycles. The third-order valence-electron chi connectivity index (χ3n) is 11.0. The van der Waals surface area contributed by atoms with Gasteiger partial charge in [-0.3, -0.25) is 4.79 Å². The van der Waals surface area contributed by atoms with Crippen LogP contribution < -0.4 is 0 Å². The number of carbonyl (C=O) groups excluding carboxylic acids is 1. The highest BCUT2D eigenvalue weighted by atomic mass is 16.6. The van der Waals surface area contributed by atoms with Crippen molar-refractivity contribution in [3.8, 4) is 5.75 Å². The molecule has 8 heteroatoms. The smallest absolute Gasteiger partial charge is 0.339 e. The summed E-state index contributed by atoms with van der Waals surface area (Å²) in [4.78, 5) is 25.8. The maximum absolute atomic E-state index is 14.0. The third-order valence-corrected chi connectivity index (χ3v) is 11.0. The molecule has 2 aliphatic heterocycles. The summed E-state index contributed by atoms with van der Waals surface area (Å²) in [7, 11) is 0. The first kappa shape index (κ1) is 35.5. The summed E-state index contributed by atoms with van der Waals surface area (Å²) in [5.41, 5.74) is -0.433. The van der Waals surface area contributed by atoms with E-state index in [1.807, 2.05) is 27.7 Å². The normalized spacial score (nSPS) is 32.2. The Morgan fingerprint density at radius 1 is 1.12 bits per heavy atom. The molecule has 3 rings (SSSR count). The van der Waals surface area contributed by atoms with E-state index in [-0.39, 0.29) is 53.2 Å². The van der Waals surface area contributed by atoms with Gasteiger partial charge in [-0.1, -0.05) is 60.1 Å². The summed E-state index contributed by atoms with van der Waals surface area (Å²) in [5.74, 6) is -2.48.